The summed E-state index contributed by atoms with van der Waals surface area (Å²) in [5.74, 6) is -1.16. The Morgan fingerprint density at radius 2 is 1.89 bits per heavy atom. The first-order valence-corrected chi connectivity index (χ1v) is 6.99. The minimum atomic E-state index is -0.895. The predicted octanol–water partition coefficient (Wildman–Crippen LogP) is 1.51. The van der Waals surface area contributed by atoms with Gasteiger partial charge in [-0.3, -0.25) is 9.59 Å². The van der Waals surface area contributed by atoms with Crippen LogP contribution in [-0.4, -0.2) is 29.1 Å². The van der Waals surface area contributed by atoms with Crippen molar-refractivity contribution in [3.63, 3.8) is 0 Å². The van der Waals surface area contributed by atoms with Crippen molar-refractivity contribution in [2.24, 2.45) is 17.1 Å². The van der Waals surface area contributed by atoms with E-state index in [2.05, 4.69) is 5.32 Å². The third-order valence-corrected chi connectivity index (χ3v) is 3.90. The van der Waals surface area contributed by atoms with Gasteiger partial charge in [-0.15, -0.1) is 0 Å². The Balaban J connectivity index is 2.67. The molecular formula is C14H26N2O3. The smallest absolute Gasteiger partial charge is 0.305 e. The van der Waals surface area contributed by atoms with Crippen molar-refractivity contribution in [3.05, 3.63) is 0 Å². The number of carbonyl (C=O) groups excluding carboxylic acids is 1. The lowest BCUT2D eigenvalue weighted by Gasteiger charge is -2.34. The molecule has 0 aromatic rings. The summed E-state index contributed by atoms with van der Waals surface area (Å²) >= 11 is 0. The fourth-order valence-electron chi connectivity index (χ4n) is 2.51. The van der Waals surface area contributed by atoms with Gasteiger partial charge in [0.05, 0.1) is 12.3 Å². The van der Waals surface area contributed by atoms with Gasteiger partial charge in [0.1, 0.15) is 0 Å². The molecule has 0 saturated heterocycles. The van der Waals surface area contributed by atoms with E-state index in [9.17, 15) is 9.59 Å². The summed E-state index contributed by atoms with van der Waals surface area (Å²) < 4.78 is 0. The van der Waals surface area contributed by atoms with Gasteiger partial charge in [0.15, 0.2) is 0 Å². The van der Waals surface area contributed by atoms with Crippen LogP contribution in [0.5, 0.6) is 0 Å². The standard InChI is InChI=1S/C14H26N2O3/c1-14(2,3)11(8-12(17)18)16-13(19)9-6-4-5-7-10(9)15/h9-11H,4-8,15H2,1-3H3,(H,16,19)(H,17,18). The van der Waals surface area contributed by atoms with Crippen molar-refractivity contribution in [2.45, 2.75) is 65.0 Å². The highest BCUT2D eigenvalue weighted by Crippen LogP contribution is 2.26. The Kier molecular flexibility index (Phi) is 5.35. The number of nitrogens with one attached hydrogen (secondary N) is 1. The highest BCUT2D eigenvalue weighted by atomic mass is 16.4. The molecule has 0 bridgehead atoms. The van der Waals surface area contributed by atoms with E-state index in [0.29, 0.717) is 0 Å². The van der Waals surface area contributed by atoms with Crippen molar-refractivity contribution in [1.82, 2.24) is 5.32 Å². The van der Waals surface area contributed by atoms with Crippen molar-refractivity contribution in [3.8, 4) is 0 Å². The molecule has 110 valence electrons. The van der Waals surface area contributed by atoms with Crippen molar-refractivity contribution in [2.75, 3.05) is 0 Å². The molecule has 5 nitrogen and oxygen atoms in total. The summed E-state index contributed by atoms with van der Waals surface area (Å²) in [4.78, 5) is 23.2. The van der Waals surface area contributed by atoms with E-state index in [-0.39, 0.29) is 35.7 Å². The number of hydrogen-bond acceptors (Lipinski definition) is 3. The number of carboxylic acid groups (broad SMARTS) is 1. The van der Waals surface area contributed by atoms with Gasteiger partial charge in [-0.05, 0) is 18.3 Å². The molecule has 1 fully saturated rings. The molecule has 3 unspecified atom stereocenters. The number of carbonyl (C=O) groups is 2. The van der Waals surface area contributed by atoms with E-state index >= 15 is 0 Å². The SMILES string of the molecule is CC(C)(C)C(CC(=O)O)NC(=O)C1CCCCC1N. The Hall–Kier alpha value is -1.10. The Morgan fingerprint density at radius 3 is 2.37 bits per heavy atom. The molecule has 0 radical (unpaired) electrons. The highest BCUT2D eigenvalue weighted by molar-refractivity contribution is 5.80. The molecule has 1 rings (SSSR count). The zero-order valence-electron chi connectivity index (χ0n) is 12.1. The third kappa shape index (κ3) is 4.82. The number of hydrogen-bond donors (Lipinski definition) is 3. The molecule has 0 aromatic heterocycles. The van der Waals surface area contributed by atoms with Crippen LogP contribution in [0.25, 0.3) is 0 Å². The van der Waals surface area contributed by atoms with Gasteiger partial charge >= 0.3 is 5.97 Å². The van der Waals surface area contributed by atoms with E-state index in [1.165, 1.54) is 0 Å². The number of nitrogens with two attached hydrogens (primary N) is 1. The molecule has 1 amide bonds. The van der Waals surface area contributed by atoms with Crippen molar-refractivity contribution >= 4 is 11.9 Å². The monoisotopic (exact) mass is 270 g/mol. The lowest BCUT2D eigenvalue weighted by Crippen LogP contribution is -2.51. The normalized spacial score (nSPS) is 25.7. The second-order valence-corrected chi connectivity index (χ2v) is 6.58. The van der Waals surface area contributed by atoms with Crippen LogP contribution >= 0.6 is 0 Å². The fourth-order valence-corrected chi connectivity index (χ4v) is 2.51. The van der Waals surface area contributed by atoms with Crippen molar-refractivity contribution in [1.29, 1.82) is 0 Å². The highest BCUT2D eigenvalue weighted by Gasteiger charge is 2.33. The Bertz CT molecular complexity index is 336. The summed E-state index contributed by atoms with van der Waals surface area (Å²) in [6.45, 7) is 5.80. The maximum atomic E-state index is 12.3. The zero-order chi connectivity index (χ0) is 14.6. The van der Waals surface area contributed by atoms with Gasteiger partial charge in [-0.2, -0.15) is 0 Å². The first-order valence-electron chi connectivity index (χ1n) is 6.99. The molecule has 3 atom stereocenters. The number of amides is 1. The number of carboxylic acids is 1. The third-order valence-electron chi connectivity index (χ3n) is 3.90. The number of aliphatic carboxylic acids is 1. The van der Waals surface area contributed by atoms with Gasteiger partial charge in [0, 0.05) is 12.1 Å². The largest absolute Gasteiger partial charge is 0.481 e. The Morgan fingerprint density at radius 1 is 1.32 bits per heavy atom. The second kappa shape index (κ2) is 6.37. The van der Waals surface area contributed by atoms with Crippen LogP contribution in [0.3, 0.4) is 0 Å². The quantitative estimate of drug-likeness (QED) is 0.722. The summed E-state index contributed by atoms with van der Waals surface area (Å²) in [6.07, 6.45) is 3.71. The maximum Gasteiger partial charge on any atom is 0.305 e. The minimum absolute atomic E-state index is 0.0583. The molecule has 0 spiro atoms. The van der Waals surface area contributed by atoms with Crippen molar-refractivity contribution < 1.29 is 14.7 Å². The molecule has 1 aliphatic carbocycles. The summed E-state index contributed by atoms with van der Waals surface area (Å²) in [7, 11) is 0. The summed E-state index contributed by atoms with van der Waals surface area (Å²) in [5.41, 5.74) is 5.70. The van der Waals surface area contributed by atoms with Gasteiger partial charge in [-0.25, -0.2) is 0 Å². The Labute approximate surface area is 114 Å². The van der Waals surface area contributed by atoms with Gasteiger partial charge < -0.3 is 16.2 Å². The van der Waals surface area contributed by atoms with Crippen LogP contribution < -0.4 is 11.1 Å². The van der Waals surface area contributed by atoms with E-state index in [1.807, 2.05) is 20.8 Å². The van der Waals surface area contributed by atoms with Gasteiger partial charge in [0.25, 0.3) is 0 Å². The van der Waals surface area contributed by atoms with Crippen LogP contribution in [0.4, 0.5) is 0 Å². The lowest BCUT2D eigenvalue weighted by atomic mass is 9.81. The van der Waals surface area contributed by atoms with Gasteiger partial charge in [0.2, 0.25) is 5.91 Å². The van der Waals surface area contributed by atoms with E-state index < -0.39 is 5.97 Å². The molecule has 19 heavy (non-hydrogen) atoms. The van der Waals surface area contributed by atoms with Gasteiger partial charge in [-0.1, -0.05) is 33.6 Å². The van der Waals surface area contributed by atoms with Crippen LogP contribution in [0, 0.1) is 11.3 Å². The zero-order valence-corrected chi connectivity index (χ0v) is 12.1. The molecule has 0 aromatic carbocycles. The van der Waals surface area contributed by atoms with Crippen LogP contribution in [0.1, 0.15) is 52.9 Å². The van der Waals surface area contributed by atoms with Crippen LogP contribution in [-0.2, 0) is 9.59 Å². The first-order chi connectivity index (χ1) is 8.71. The first kappa shape index (κ1) is 16.0. The average molecular weight is 270 g/mol. The molecule has 1 saturated carbocycles. The second-order valence-electron chi connectivity index (χ2n) is 6.58. The summed E-state index contributed by atoms with van der Waals surface area (Å²) in [6, 6.07) is -0.467. The number of rotatable bonds is 4. The topological polar surface area (TPSA) is 92.4 Å². The molecule has 1 aliphatic rings. The van der Waals surface area contributed by atoms with E-state index in [4.69, 9.17) is 10.8 Å². The molecule has 0 heterocycles. The predicted molar refractivity (Wildman–Crippen MR) is 73.6 cm³/mol. The maximum absolute atomic E-state index is 12.3. The average Bonchev–Trinajstić information content (AvgIpc) is 2.26. The van der Waals surface area contributed by atoms with E-state index in [0.717, 1.165) is 25.7 Å². The molecule has 4 N–H and O–H groups in total. The van der Waals surface area contributed by atoms with Crippen LogP contribution in [0.15, 0.2) is 0 Å². The van der Waals surface area contributed by atoms with Crippen LogP contribution in [0.2, 0.25) is 0 Å². The van der Waals surface area contributed by atoms with E-state index in [1.54, 1.807) is 0 Å². The molecular weight excluding hydrogens is 244 g/mol. The molecule has 5 heteroatoms. The fraction of sp³-hybridized carbons (Fsp3) is 0.857. The molecule has 0 aliphatic heterocycles. The minimum Gasteiger partial charge on any atom is -0.481 e. The summed E-state index contributed by atoms with van der Waals surface area (Å²) in [5, 5.41) is 11.8. The lowest BCUT2D eigenvalue weighted by molar-refractivity contribution is -0.138.